The summed E-state index contributed by atoms with van der Waals surface area (Å²) in [6.07, 6.45) is 1.24. The molecule has 1 amide bonds. The number of nitrogens with one attached hydrogen (secondary N) is 1. The lowest BCUT2D eigenvalue weighted by molar-refractivity contribution is -0.121. The highest BCUT2D eigenvalue weighted by atomic mass is 16.1. The zero-order valence-corrected chi connectivity index (χ0v) is 10.5. The summed E-state index contributed by atoms with van der Waals surface area (Å²) < 4.78 is 0. The van der Waals surface area contributed by atoms with E-state index in [4.69, 9.17) is 5.73 Å². The summed E-state index contributed by atoms with van der Waals surface area (Å²) in [4.78, 5) is 13.5. The molecule has 0 aliphatic carbocycles. The van der Waals surface area contributed by atoms with E-state index in [0.717, 1.165) is 19.5 Å². The van der Waals surface area contributed by atoms with E-state index in [2.05, 4.69) is 17.1 Å². The first-order valence-electron chi connectivity index (χ1n) is 5.59. The molecular formula is C11H25N3O. The third-order valence-electron chi connectivity index (χ3n) is 2.35. The van der Waals surface area contributed by atoms with Crippen LogP contribution >= 0.6 is 0 Å². The molecule has 3 N–H and O–H groups in total. The highest BCUT2D eigenvalue weighted by Gasteiger charge is 2.12. The quantitative estimate of drug-likeness (QED) is 0.653. The van der Waals surface area contributed by atoms with Gasteiger partial charge >= 0.3 is 0 Å². The largest absolute Gasteiger partial charge is 0.355 e. The Morgan fingerprint density at radius 2 is 2.07 bits per heavy atom. The summed E-state index contributed by atoms with van der Waals surface area (Å²) >= 11 is 0. The van der Waals surface area contributed by atoms with Crippen molar-refractivity contribution in [2.24, 2.45) is 5.73 Å². The van der Waals surface area contributed by atoms with Gasteiger partial charge < -0.3 is 16.0 Å². The molecule has 0 fully saturated rings. The predicted octanol–water partition coefficient (Wildman–Crippen LogP) is 0.572. The van der Waals surface area contributed by atoms with Gasteiger partial charge in [-0.15, -0.1) is 0 Å². The zero-order valence-electron chi connectivity index (χ0n) is 10.5. The van der Waals surface area contributed by atoms with Gasteiger partial charge in [0.1, 0.15) is 0 Å². The van der Waals surface area contributed by atoms with E-state index in [1.165, 1.54) is 0 Å². The van der Waals surface area contributed by atoms with Crippen LogP contribution in [0, 0.1) is 0 Å². The van der Waals surface area contributed by atoms with Gasteiger partial charge in [0.05, 0.1) is 0 Å². The second-order valence-corrected chi connectivity index (χ2v) is 4.73. The van der Waals surface area contributed by atoms with Crippen LogP contribution in [0.3, 0.4) is 0 Å². The smallest absolute Gasteiger partial charge is 0.220 e. The molecule has 90 valence electrons. The Bertz CT molecular complexity index is 187. The molecule has 0 aromatic carbocycles. The van der Waals surface area contributed by atoms with Gasteiger partial charge in [-0.05, 0) is 33.9 Å². The first-order valence-corrected chi connectivity index (χ1v) is 5.59. The first kappa shape index (κ1) is 14.4. The van der Waals surface area contributed by atoms with Crippen LogP contribution in [0.15, 0.2) is 0 Å². The molecule has 0 bridgehead atoms. The summed E-state index contributed by atoms with van der Waals surface area (Å²) in [6, 6.07) is 0. The normalized spacial score (nSPS) is 11.9. The van der Waals surface area contributed by atoms with Crippen LogP contribution in [-0.2, 0) is 4.79 Å². The number of nitrogens with two attached hydrogens (primary N) is 1. The van der Waals surface area contributed by atoms with E-state index < -0.39 is 0 Å². The van der Waals surface area contributed by atoms with Gasteiger partial charge in [-0.25, -0.2) is 0 Å². The molecule has 0 aliphatic rings. The van der Waals surface area contributed by atoms with Gasteiger partial charge in [-0.1, -0.05) is 6.92 Å². The van der Waals surface area contributed by atoms with Crippen LogP contribution in [0.1, 0.15) is 33.6 Å². The van der Waals surface area contributed by atoms with E-state index >= 15 is 0 Å². The summed E-state index contributed by atoms with van der Waals surface area (Å²) in [5.74, 6) is 0.0954. The number of rotatable bonds is 7. The van der Waals surface area contributed by atoms with Crippen molar-refractivity contribution in [1.29, 1.82) is 0 Å². The average Bonchev–Trinajstić information content (AvgIpc) is 2.13. The Kier molecular flexibility index (Phi) is 6.52. The summed E-state index contributed by atoms with van der Waals surface area (Å²) in [7, 11) is 2.04. The molecule has 0 heterocycles. The monoisotopic (exact) mass is 215 g/mol. The minimum Gasteiger partial charge on any atom is -0.355 e. The predicted molar refractivity (Wildman–Crippen MR) is 63.7 cm³/mol. The van der Waals surface area contributed by atoms with Gasteiger partial charge in [0.15, 0.2) is 0 Å². The maximum Gasteiger partial charge on any atom is 0.220 e. The maximum atomic E-state index is 11.4. The van der Waals surface area contributed by atoms with Crippen molar-refractivity contribution >= 4 is 5.91 Å². The highest BCUT2D eigenvalue weighted by molar-refractivity contribution is 5.75. The van der Waals surface area contributed by atoms with Crippen molar-refractivity contribution in [2.45, 2.75) is 39.2 Å². The highest BCUT2D eigenvalue weighted by Crippen LogP contribution is 2.06. The van der Waals surface area contributed by atoms with Gasteiger partial charge in [0, 0.05) is 25.0 Å². The number of nitrogens with zero attached hydrogens (tertiary/aromatic N) is 1. The average molecular weight is 215 g/mol. The Hall–Kier alpha value is -0.610. The zero-order chi connectivity index (χ0) is 11.9. The van der Waals surface area contributed by atoms with E-state index in [9.17, 15) is 4.79 Å². The molecule has 15 heavy (non-hydrogen) atoms. The Labute approximate surface area is 93.2 Å². The molecule has 0 atom stereocenters. The van der Waals surface area contributed by atoms with E-state index in [1.54, 1.807) is 0 Å². The maximum absolute atomic E-state index is 11.4. The van der Waals surface area contributed by atoms with Crippen LogP contribution in [-0.4, -0.2) is 43.0 Å². The van der Waals surface area contributed by atoms with Crippen LogP contribution < -0.4 is 11.1 Å². The standard InChI is InChI=1S/C11H25N3O/c1-5-14(4)9-8-13-10(15)6-7-11(2,3)12/h5-9,12H2,1-4H3,(H,13,15). The SMILES string of the molecule is CCN(C)CCNC(=O)CCC(C)(C)N. The summed E-state index contributed by atoms with van der Waals surface area (Å²) in [5.41, 5.74) is 5.54. The van der Waals surface area contributed by atoms with Crippen LogP contribution in [0.2, 0.25) is 0 Å². The van der Waals surface area contributed by atoms with Crippen molar-refractivity contribution in [1.82, 2.24) is 10.2 Å². The lowest BCUT2D eigenvalue weighted by Gasteiger charge is -2.18. The number of likely N-dealkylation sites (N-methyl/N-ethyl adjacent to an activating group) is 1. The molecule has 0 aromatic heterocycles. The molecule has 0 saturated carbocycles. The molecule has 0 spiro atoms. The fourth-order valence-corrected chi connectivity index (χ4v) is 1.07. The second kappa shape index (κ2) is 6.80. The number of carbonyl (C=O) groups is 1. The van der Waals surface area contributed by atoms with Gasteiger partial charge in [-0.2, -0.15) is 0 Å². The number of hydrogen-bond acceptors (Lipinski definition) is 3. The Morgan fingerprint density at radius 3 is 2.53 bits per heavy atom. The van der Waals surface area contributed by atoms with E-state index in [0.29, 0.717) is 13.0 Å². The molecule has 0 saturated heterocycles. The summed E-state index contributed by atoms with van der Waals surface area (Å²) in [5, 5.41) is 2.88. The summed E-state index contributed by atoms with van der Waals surface area (Å²) in [6.45, 7) is 8.59. The molecule has 4 nitrogen and oxygen atoms in total. The molecule has 0 radical (unpaired) electrons. The van der Waals surface area contributed by atoms with Gasteiger partial charge in [-0.3, -0.25) is 4.79 Å². The van der Waals surface area contributed by atoms with Crippen LogP contribution in [0.5, 0.6) is 0 Å². The Morgan fingerprint density at radius 1 is 1.47 bits per heavy atom. The molecule has 0 aromatic rings. The van der Waals surface area contributed by atoms with Crippen molar-refractivity contribution in [3.05, 3.63) is 0 Å². The lowest BCUT2D eigenvalue weighted by Crippen LogP contribution is -2.36. The minimum atomic E-state index is -0.252. The van der Waals surface area contributed by atoms with E-state index in [1.807, 2.05) is 20.9 Å². The van der Waals surface area contributed by atoms with E-state index in [-0.39, 0.29) is 11.4 Å². The van der Waals surface area contributed by atoms with Crippen molar-refractivity contribution in [2.75, 3.05) is 26.7 Å². The number of amides is 1. The molecule has 0 aliphatic heterocycles. The molecule has 4 heteroatoms. The van der Waals surface area contributed by atoms with Crippen molar-refractivity contribution in [3.8, 4) is 0 Å². The third-order valence-corrected chi connectivity index (χ3v) is 2.35. The topological polar surface area (TPSA) is 58.4 Å². The number of hydrogen-bond donors (Lipinski definition) is 2. The fraction of sp³-hybridized carbons (Fsp3) is 0.909. The molecular weight excluding hydrogens is 190 g/mol. The lowest BCUT2D eigenvalue weighted by atomic mass is 10.00. The third kappa shape index (κ3) is 9.69. The van der Waals surface area contributed by atoms with Gasteiger partial charge in [0.25, 0.3) is 0 Å². The van der Waals surface area contributed by atoms with Crippen LogP contribution in [0.4, 0.5) is 0 Å². The van der Waals surface area contributed by atoms with Crippen molar-refractivity contribution < 1.29 is 4.79 Å². The Balaban J connectivity index is 3.50. The fourth-order valence-electron chi connectivity index (χ4n) is 1.07. The van der Waals surface area contributed by atoms with Gasteiger partial charge in [0.2, 0.25) is 5.91 Å². The number of carbonyl (C=O) groups excluding carboxylic acids is 1. The molecule has 0 unspecified atom stereocenters. The first-order chi connectivity index (χ1) is 6.85. The second-order valence-electron chi connectivity index (χ2n) is 4.73. The minimum absolute atomic E-state index is 0.0954. The van der Waals surface area contributed by atoms with Crippen LogP contribution in [0.25, 0.3) is 0 Å². The van der Waals surface area contributed by atoms with Crippen molar-refractivity contribution in [3.63, 3.8) is 0 Å². The molecule has 0 rings (SSSR count).